The van der Waals surface area contributed by atoms with Crippen molar-refractivity contribution in [2.75, 3.05) is 13.2 Å². The molecule has 0 amide bonds. The molecule has 0 unspecified atom stereocenters. The fraction of sp³-hybridized carbons (Fsp3) is 0.829. The number of unbranched alkanes of at least 4 members (excludes halogenated alkanes) is 18. The van der Waals surface area contributed by atoms with Gasteiger partial charge in [0.1, 0.15) is 6.61 Å². The number of hydrogen-bond acceptors (Lipinski definition) is 6. The Morgan fingerprint density at radius 2 is 0.977 bits per heavy atom. The Kier molecular flexibility index (Phi) is 30.5. The molecule has 44 heavy (non-hydrogen) atoms. The molecule has 0 saturated carbocycles. The minimum absolute atomic E-state index is 0.201. The molecule has 0 aliphatic rings. The second kappa shape index (κ2) is 31.5. The van der Waals surface area contributed by atoms with Gasteiger partial charge in [-0.3, -0.25) is 14.1 Å². The molecule has 0 saturated heterocycles. The number of esters is 2. The van der Waals surface area contributed by atoms with Crippen LogP contribution in [0.4, 0.5) is 0 Å². The second-order valence-corrected chi connectivity index (χ2v) is 13.1. The van der Waals surface area contributed by atoms with Crippen molar-refractivity contribution in [1.29, 1.82) is 0 Å². The molecule has 8 nitrogen and oxygen atoms in total. The maximum atomic E-state index is 12.3. The van der Waals surface area contributed by atoms with Gasteiger partial charge < -0.3 is 19.3 Å². The van der Waals surface area contributed by atoms with Crippen LogP contribution in [0.5, 0.6) is 0 Å². The SMILES string of the molecule is CCCC/C=C\CCCCCCCC(=O)O[C@H](COC(=O)CCCCCCC/C=C\CCCCCCCC)COP(=O)(O)O. The Hall–Kier alpha value is -1.47. The Labute approximate surface area is 269 Å². The summed E-state index contributed by atoms with van der Waals surface area (Å²) in [5.74, 6) is -0.906. The van der Waals surface area contributed by atoms with E-state index in [4.69, 9.17) is 19.3 Å². The van der Waals surface area contributed by atoms with Gasteiger partial charge in [0.25, 0.3) is 0 Å². The van der Waals surface area contributed by atoms with Crippen molar-refractivity contribution in [2.24, 2.45) is 0 Å². The number of phosphoric ester groups is 1. The van der Waals surface area contributed by atoms with E-state index in [1.54, 1.807) is 0 Å². The predicted molar refractivity (Wildman–Crippen MR) is 179 cm³/mol. The smallest absolute Gasteiger partial charge is 0.462 e. The summed E-state index contributed by atoms with van der Waals surface area (Å²) in [6, 6.07) is 0. The molecule has 9 heteroatoms. The van der Waals surface area contributed by atoms with Gasteiger partial charge in [0.05, 0.1) is 6.61 Å². The first-order valence-electron chi connectivity index (χ1n) is 17.6. The Balaban J connectivity index is 4.00. The van der Waals surface area contributed by atoms with Crippen molar-refractivity contribution in [3.63, 3.8) is 0 Å². The van der Waals surface area contributed by atoms with Gasteiger partial charge in [0.2, 0.25) is 0 Å². The standard InChI is InChI=1S/C35H65O8P/c1-3-5-7-9-11-13-15-16-17-18-20-21-23-25-27-29-34(36)41-31-33(32-42-44(38,39)40)43-35(37)30-28-26-24-22-19-14-12-10-8-6-4-2/h10,12,16-17,33H,3-9,11,13-15,18-32H2,1-2H3,(H2,38,39,40)/b12-10-,17-16-/t33-/m1/s1. The third-order valence-corrected chi connectivity index (χ3v) is 7.93. The van der Waals surface area contributed by atoms with Crippen LogP contribution >= 0.6 is 7.82 Å². The maximum Gasteiger partial charge on any atom is 0.469 e. The van der Waals surface area contributed by atoms with Gasteiger partial charge in [-0.2, -0.15) is 0 Å². The van der Waals surface area contributed by atoms with E-state index in [9.17, 15) is 14.2 Å². The first-order valence-corrected chi connectivity index (χ1v) is 19.2. The van der Waals surface area contributed by atoms with Crippen LogP contribution in [0.25, 0.3) is 0 Å². The molecule has 0 fully saturated rings. The molecule has 2 N–H and O–H groups in total. The van der Waals surface area contributed by atoms with E-state index < -0.39 is 32.5 Å². The van der Waals surface area contributed by atoms with Crippen molar-refractivity contribution < 1.29 is 37.9 Å². The lowest BCUT2D eigenvalue weighted by molar-refractivity contribution is -0.161. The Bertz CT molecular complexity index is 777. The van der Waals surface area contributed by atoms with E-state index in [1.807, 2.05) is 0 Å². The van der Waals surface area contributed by atoms with E-state index in [-0.39, 0.29) is 19.4 Å². The molecule has 0 aromatic heterocycles. The molecule has 0 aromatic carbocycles. The van der Waals surface area contributed by atoms with Crippen LogP contribution in [0.1, 0.15) is 168 Å². The fourth-order valence-corrected chi connectivity index (χ4v) is 5.12. The average Bonchev–Trinajstić information content (AvgIpc) is 2.98. The van der Waals surface area contributed by atoms with Crippen LogP contribution in [0, 0.1) is 0 Å². The summed E-state index contributed by atoms with van der Waals surface area (Å²) in [4.78, 5) is 42.5. The lowest BCUT2D eigenvalue weighted by atomic mass is 10.1. The van der Waals surface area contributed by atoms with E-state index in [0.717, 1.165) is 70.6 Å². The molecule has 0 rings (SSSR count). The molecule has 0 aliphatic heterocycles. The van der Waals surface area contributed by atoms with Crippen LogP contribution < -0.4 is 0 Å². The summed E-state index contributed by atoms with van der Waals surface area (Å²) in [6.07, 6.45) is 33.3. The summed E-state index contributed by atoms with van der Waals surface area (Å²) < 4.78 is 26.2. The zero-order valence-electron chi connectivity index (χ0n) is 28.1. The zero-order valence-corrected chi connectivity index (χ0v) is 29.0. The molecular formula is C35H65O8P. The quantitative estimate of drug-likeness (QED) is 0.0321. The van der Waals surface area contributed by atoms with Crippen molar-refractivity contribution in [3.8, 4) is 0 Å². The number of carbonyl (C=O) groups is 2. The predicted octanol–water partition coefficient (Wildman–Crippen LogP) is 10.1. The number of hydrogen-bond donors (Lipinski definition) is 2. The molecule has 1 atom stereocenters. The number of rotatable bonds is 32. The number of phosphoric acid groups is 1. The van der Waals surface area contributed by atoms with Crippen molar-refractivity contribution >= 4 is 19.8 Å². The van der Waals surface area contributed by atoms with E-state index in [2.05, 4.69) is 42.7 Å². The highest BCUT2D eigenvalue weighted by Gasteiger charge is 2.22. The molecule has 0 bridgehead atoms. The number of carbonyl (C=O) groups excluding carboxylic acids is 2. The summed E-state index contributed by atoms with van der Waals surface area (Å²) >= 11 is 0. The van der Waals surface area contributed by atoms with E-state index >= 15 is 0 Å². The first kappa shape index (κ1) is 42.5. The largest absolute Gasteiger partial charge is 0.469 e. The van der Waals surface area contributed by atoms with Gasteiger partial charge in [-0.25, -0.2) is 4.57 Å². The Morgan fingerprint density at radius 1 is 0.568 bits per heavy atom. The van der Waals surface area contributed by atoms with Gasteiger partial charge in [0.15, 0.2) is 6.10 Å². The topological polar surface area (TPSA) is 119 Å². The number of ether oxygens (including phenoxy) is 2. The van der Waals surface area contributed by atoms with Crippen molar-refractivity contribution in [3.05, 3.63) is 24.3 Å². The fourth-order valence-electron chi connectivity index (χ4n) is 4.76. The zero-order chi connectivity index (χ0) is 32.6. The van der Waals surface area contributed by atoms with Gasteiger partial charge in [0, 0.05) is 12.8 Å². The normalized spacial score (nSPS) is 12.7. The van der Waals surface area contributed by atoms with E-state index in [0.29, 0.717) is 12.8 Å². The highest BCUT2D eigenvalue weighted by molar-refractivity contribution is 7.46. The Morgan fingerprint density at radius 3 is 1.45 bits per heavy atom. The van der Waals surface area contributed by atoms with Gasteiger partial charge >= 0.3 is 19.8 Å². The van der Waals surface area contributed by atoms with Gasteiger partial charge in [-0.15, -0.1) is 0 Å². The second-order valence-electron chi connectivity index (χ2n) is 11.8. The maximum absolute atomic E-state index is 12.3. The summed E-state index contributed by atoms with van der Waals surface area (Å²) in [5, 5.41) is 0. The average molecular weight is 645 g/mol. The highest BCUT2D eigenvalue weighted by atomic mass is 31.2. The molecule has 0 radical (unpaired) electrons. The summed E-state index contributed by atoms with van der Waals surface area (Å²) in [7, 11) is -4.75. The third kappa shape index (κ3) is 33.4. The van der Waals surface area contributed by atoms with Crippen LogP contribution in [0.3, 0.4) is 0 Å². The molecule has 0 spiro atoms. The minimum atomic E-state index is -4.75. The monoisotopic (exact) mass is 644 g/mol. The van der Waals surface area contributed by atoms with Crippen LogP contribution in [0.2, 0.25) is 0 Å². The van der Waals surface area contributed by atoms with Crippen molar-refractivity contribution in [1.82, 2.24) is 0 Å². The molecule has 0 heterocycles. The highest BCUT2D eigenvalue weighted by Crippen LogP contribution is 2.36. The third-order valence-electron chi connectivity index (χ3n) is 7.44. The van der Waals surface area contributed by atoms with Gasteiger partial charge in [-0.1, -0.05) is 122 Å². The summed E-state index contributed by atoms with van der Waals surface area (Å²) in [5.41, 5.74) is 0. The summed E-state index contributed by atoms with van der Waals surface area (Å²) in [6.45, 7) is 3.60. The van der Waals surface area contributed by atoms with Crippen LogP contribution in [-0.2, 0) is 28.2 Å². The van der Waals surface area contributed by atoms with Gasteiger partial charge in [-0.05, 0) is 57.8 Å². The first-order chi connectivity index (χ1) is 21.3. The van der Waals surface area contributed by atoms with Crippen molar-refractivity contribution in [2.45, 2.75) is 174 Å². The van der Waals surface area contributed by atoms with Crippen LogP contribution in [-0.4, -0.2) is 41.0 Å². The molecule has 0 aromatic rings. The number of allylic oxidation sites excluding steroid dienone is 4. The minimum Gasteiger partial charge on any atom is -0.462 e. The van der Waals surface area contributed by atoms with Crippen LogP contribution in [0.15, 0.2) is 24.3 Å². The van der Waals surface area contributed by atoms with E-state index in [1.165, 1.54) is 57.8 Å². The molecule has 0 aliphatic carbocycles. The lowest BCUT2D eigenvalue weighted by Crippen LogP contribution is -2.29. The molecular weight excluding hydrogens is 579 g/mol. The molecule has 258 valence electrons. The lowest BCUT2D eigenvalue weighted by Gasteiger charge is -2.18.